The van der Waals surface area contributed by atoms with Crippen LogP contribution in [-0.4, -0.2) is 12.2 Å². The minimum absolute atomic E-state index is 0.0617. The molecule has 0 aliphatic heterocycles. The van der Waals surface area contributed by atoms with Crippen LogP contribution in [0.1, 0.15) is 24.1 Å². The Morgan fingerprint density at radius 1 is 1.10 bits per heavy atom. The molecule has 2 rings (SSSR count). The van der Waals surface area contributed by atoms with Crippen molar-refractivity contribution in [2.75, 3.05) is 12.4 Å². The van der Waals surface area contributed by atoms with Gasteiger partial charge in [-0.25, -0.2) is 0 Å². The summed E-state index contributed by atoms with van der Waals surface area (Å²) in [5.74, 6) is 0.857. The standard InChI is InChI=1S/C17H20N2OS/c1-12-8-10-14(11-9-12)19-17(21)18-13(2)15-6-4-5-7-16(15)20-3/h4-11,13H,1-3H3,(H2,18,19,21)/t13-/m0/s1. The van der Waals surface area contributed by atoms with Gasteiger partial charge in [0.2, 0.25) is 0 Å². The summed E-state index contributed by atoms with van der Waals surface area (Å²) < 4.78 is 5.38. The first-order valence-corrected chi connectivity index (χ1v) is 7.28. The first kappa shape index (κ1) is 15.3. The van der Waals surface area contributed by atoms with Gasteiger partial charge in [0.1, 0.15) is 5.75 Å². The maximum absolute atomic E-state index is 5.38. The van der Waals surface area contributed by atoms with E-state index < -0.39 is 0 Å². The Balaban J connectivity index is 2.00. The van der Waals surface area contributed by atoms with Gasteiger partial charge in [-0.3, -0.25) is 0 Å². The van der Waals surface area contributed by atoms with Gasteiger partial charge in [-0.05, 0) is 44.3 Å². The van der Waals surface area contributed by atoms with Crippen LogP contribution in [-0.2, 0) is 0 Å². The first-order chi connectivity index (χ1) is 10.1. The van der Waals surface area contributed by atoms with E-state index in [4.69, 9.17) is 17.0 Å². The number of benzene rings is 2. The molecule has 2 aromatic carbocycles. The minimum Gasteiger partial charge on any atom is -0.496 e. The molecule has 0 radical (unpaired) electrons. The summed E-state index contributed by atoms with van der Waals surface area (Å²) in [6.45, 7) is 4.12. The Morgan fingerprint density at radius 3 is 2.43 bits per heavy atom. The van der Waals surface area contributed by atoms with E-state index in [1.807, 2.05) is 36.4 Å². The summed E-state index contributed by atoms with van der Waals surface area (Å²) >= 11 is 5.36. The maximum Gasteiger partial charge on any atom is 0.171 e. The Hall–Kier alpha value is -2.07. The van der Waals surface area contributed by atoms with Gasteiger partial charge in [0.25, 0.3) is 0 Å². The minimum atomic E-state index is 0.0617. The Morgan fingerprint density at radius 2 is 1.76 bits per heavy atom. The normalized spacial score (nSPS) is 11.6. The van der Waals surface area contributed by atoms with E-state index in [1.54, 1.807) is 7.11 Å². The van der Waals surface area contributed by atoms with Gasteiger partial charge in [-0.1, -0.05) is 35.9 Å². The summed E-state index contributed by atoms with van der Waals surface area (Å²) in [6, 6.07) is 16.1. The molecule has 0 unspecified atom stereocenters. The number of para-hydroxylation sites is 1. The summed E-state index contributed by atoms with van der Waals surface area (Å²) in [5.41, 5.74) is 3.28. The lowest BCUT2D eigenvalue weighted by Crippen LogP contribution is -2.31. The molecule has 3 nitrogen and oxygen atoms in total. The van der Waals surface area contributed by atoms with Crippen molar-refractivity contribution in [1.29, 1.82) is 0 Å². The Kier molecular flexibility index (Phi) is 5.17. The Labute approximate surface area is 131 Å². The predicted molar refractivity (Wildman–Crippen MR) is 91.9 cm³/mol. The number of hydrogen-bond acceptors (Lipinski definition) is 2. The second kappa shape index (κ2) is 7.09. The third-order valence-electron chi connectivity index (χ3n) is 3.26. The van der Waals surface area contributed by atoms with Gasteiger partial charge >= 0.3 is 0 Å². The molecule has 1 atom stereocenters. The van der Waals surface area contributed by atoms with Crippen molar-refractivity contribution in [2.45, 2.75) is 19.9 Å². The molecule has 0 saturated heterocycles. The van der Waals surface area contributed by atoms with Gasteiger partial charge in [0, 0.05) is 11.3 Å². The van der Waals surface area contributed by atoms with E-state index in [1.165, 1.54) is 5.56 Å². The molecule has 4 heteroatoms. The number of thiocarbonyl (C=S) groups is 1. The highest BCUT2D eigenvalue weighted by molar-refractivity contribution is 7.80. The molecule has 0 aromatic heterocycles. The van der Waals surface area contributed by atoms with Crippen LogP contribution in [0.2, 0.25) is 0 Å². The van der Waals surface area contributed by atoms with Gasteiger partial charge in [-0.2, -0.15) is 0 Å². The first-order valence-electron chi connectivity index (χ1n) is 6.87. The lowest BCUT2D eigenvalue weighted by atomic mass is 10.1. The van der Waals surface area contributed by atoms with Crippen LogP contribution in [0.15, 0.2) is 48.5 Å². The highest BCUT2D eigenvalue weighted by Gasteiger charge is 2.11. The molecular formula is C17H20N2OS. The van der Waals surface area contributed by atoms with Crippen LogP contribution in [0.4, 0.5) is 5.69 Å². The highest BCUT2D eigenvalue weighted by Crippen LogP contribution is 2.24. The van der Waals surface area contributed by atoms with Crippen molar-refractivity contribution in [3.63, 3.8) is 0 Å². The average molecular weight is 300 g/mol. The van der Waals surface area contributed by atoms with Crippen molar-refractivity contribution >= 4 is 23.0 Å². The van der Waals surface area contributed by atoms with E-state index in [2.05, 4.69) is 36.6 Å². The van der Waals surface area contributed by atoms with Crippen molar-refractivity contribution in [3.8, 4) is 5.75 Å². The molecule has 0 aliphatic carbocycles. The molecule has 2 N–H and O–H groups in total. The van der Waals surface area contributed by atoms with Crippen molar-refractivity contribution in [3.05, 3.63) is 59.7 Å². The zero-order valence-electron chi connectivity index (χ0n) is 12.5. The summed E-state index contributed by atoms with van der Waals surface area (Å²) in [4.78, 5) is 0. The molecule has 2 aromatic rings. The van der Waals surface area contributed by atoms with E-state index >= 15 is 0 Å². The van der Waals surface area contributed by atoms with Gasteiger partial charge < -0.3 is 15.4 Å². The van der Waals surface area contributed by atoms with Crippen LogP contribution < -0.4 is 15.4 Å². The molecule has 0 amide bonds. The number of hydrogen-bond donors (Lipinski definition) is 2. The molecular weight excluding hydrogens is 280 g/mol. The van der Waals surface area contributed by atoms with E-state index in [9.17, 15) is 0 Å². The number of nitrogens with one attached hydrogen (secondary N) is 2. The van der Waals surface area contributed by atoms with Crippen molar-refractivity contribution < 1.29 is 4.74 Å². The molecule has 0 heterocycles. The SMILES string of the molecule is COc1ccccc1[C@H](C)NC(=S)Nc1ccc(C)cc1. The summed E-state index contributed by atoms with van der Waals surface area (Å²) in [6.07, 6.45) is 0. The van der Waals surface area contributed by atoms with Gasteiger partial charge in [0.15, 0.2) is 5.11 Å². The molecule has 0 aliphatic rings. The lowest BCUT2D eigenvalue weighted by Gasteiger charge is -2.19. The lowest BCUT2D eigenvalue weighted by molar-refractivity contribution is 0.405. The van der Waals surface area contributed by atoms with E-state index in [0.29, 0.717) is 5.11 Å². The summed E-state index contributed by atoms with van der Waals surface area (Å²) in [7, 11) is 1.68. The second-order valence-corrected chi connectivity index (χ2v) is 5.34. The number of anilines is 1. The third kappa shape index (κ3) is 4.20. The smallest absolute Gasteiger partial charge is 0.171 e. The van der Waals surface area contributed by atoms with Crippen LogP contribution in [0.5, 0.6) is 5.75 Å². The van der Waals surface area contributed by atoms with Crippen LogP contribution in [0.25, 0.3) is 0 Å². The molecule has 21 heavy (non-hydrogen) atoms. The number of rotatable bonds is 4. The number of aryl methyl sites for hydroxylation is 1. The summed E-state index contributed by atoms with van der Waals surface area (Å²) in [5, 5.41) is 7.06. The van der Waals surface area contributed by atoms with E-state index in [0.717, 1.165) is 17.0 Å². The monoisotopic (exact) mass is 300 g/mol. The number of methoxy groups -OCH3 is 1. The number of ether oxygens (including phenoxy) is 1. The van der Waals surface area contributed by atoms with Crippen LogP contribution >= 0.6 is 12.2 Å². The quantitative estimate of drug-likeness (QED) is 0.835. The van der Waals surface area contributed by atoms with Crippen molar-refractivity contribution in [1.82, 2.24) is 5.32 Å². The molecule has 0 fully saturated rings. The maximum atomic E-state index is 5.38. The predicted octanol–water partition coefficient (Wildman–Crippen LogP) is 4.05. The molecule has 0 bridgehead atoms. The van der Waals surface area contributed by atoms with Crippen LogP contribution in [0, 0.1) is 6.92 Å². The van der Waals surface area contributed by atoms with E-state index in [-0.39, 0.29) is 6.04 Å². The van der Waals surface area contributed by atoms with Crippen LogP contribution in [0.3, 0.4) is 0 Å². The fourth-order valence-corrected chi connectivity index (χ4v) is 2.40. The largest absolute Gasteiger partial charge is 0.496 e. The third-order valence-corrected chi connectivity index (χ3v) is 3.48. The van der Waals surface area contributed by atoms with Crippen molar-refractivity contribution in [2.24, 2.45) is 0 Å². The zero-order valence-corrected chi connectivity index (χ0v) is 13.3. The topological polar surface area (TPSA) is 33.3 Å². The second-order valence-electron chi connectivity index (χ2n) is 4.93. The zero-order chi connectivity index (χ0) is 15.2. The average Bonchev–Trinajstić information content (AvgIpc) is 2.49. The fourth-order valence-electron chi connectivity index (χ4n) is 2.10. The molecule has 0 spiro atoms. The highest BCUT2D eigenvalue weighted by atomic mass is 32.1. The Bertz CT molecular complexity index is 610. The fraction of sp³-hybridized carbons (Fsp3) is 0.235. The molecule has 110 valence electrons. The van der Waals surface area contributed by atoms with Gasteiger partial charge in [0.05, 0.1) is 13.2 Å². The van der Waals surface area contributed by atoms with Gasteiger partial charge in [-0.15, -0.1) is 0 Å². The molecule has 0 saturated carbocycles.